The van der Waals surface area contributed by atoms with E-state index >= 15 is 0 Å². The van der Waals surface area contributed by atoms with Crippen molar-refractivity contribution in [2.45, 2.75) is 35.6 Å². The minimum Gasteiger partial charge on any atom is -0.722 e. The molecule has 0 unspecified atom stereocenters. The van der Waals surface area contributed by atoms with Crippen LogP contribution in [-0.2, 0) is 20.0 Å². The van der Waals surface area contributed by atoms with Crippen molar-refractivity contribution in [3.63, 3.8) is 0 Å². The van der Waals surface area contributed by atoms with Crippen molar-refractivity contribution < 1.29 is 30.8 Å². The van der Waals surface area contributed by atoms with Crippen LogP contribution in [0.1, 0.15) is 35.6 Å². The van der Waals surface area contributed by atoms with Gasteiger partial charge in [0.05, 0.1) is 0 Å². The molecule has 0 aromatic carbocycles. The summed E-state index contributed by atoms with van der Waals surface area (Å²) >= 11 is 0. The third kappa shape index (κ3) is 79.0. The van der Waals surface area contributed by atoms with E-state index in [9.17, 15) is 13.1 Å². The van der Waals surface area contributed by atoms with Crippen LogP contribution in [-0.4, -0.2) is 37.2 Å². The van der Waals surface area contributed by atoms with Crippen LogP contribution < -0.4 is 0 Å². The maximum absolute atomic E-state index is 11.1. The number of hydrogen-bond acceptors (Lipinski definition) is 6. The van der Waals surface area contributed by atoms with Gasteiger partial charge in [0.2, 0.25) is 0 Å². The van der Waals surface area contributed by atoms with E-state index in [4.69, 9.17) is 13.0 Å². The molecule has 1 heterocycles. The number of halogens is 2. The number of nitrogens with zero attached hydrogens (tertiary/aromatic N) is 1. The first-order valence-corrected chi connectivity index (χ1v) is 6.78. The first-order chi connectivity index (χ1) is 9.27. The van der Waals surface area contributed by atoms with E-state index in [0.717, 1.165) is 0 Å². The molecule has 9 heteroatoms. The molecule has 0 fully saturated rings. The third-order valence-corrected chi connectivity index (χ3v) is 0.949. The van der Waals surface area contributed by atoms with Crippen LogP contribution in [0.4, 0.5) is 8.28 Å². The molecule has 0 spiro atoms. The second kappa shape index (κ2) is 24.4. The van der Waals surface area contributed by atoms with Gasteiger partial charge in [0, 0.05) is 19.3 Å². The van der Waals surface area contributed by atoms with Gasteiger partial charge >= 0.3 is 5.97 Å². The number of carbonyl (C=O) groups is 1. The number of pyridine rings is 1. The molecule has 0 bridgehead atoms. The lowest BCUT2D eigenvalue weighted by Gasteiger charge is -1.92. The van der Waals surface area contributed by atoms with E-state index in [1.165, 1.54) is 6.92 Å². The van der Waals surface area contributed by atoms with Crippen molar-refractivity contribution in [3.8, 4) is 0 Å². The highest BCUT2D eigenvalue weighted by atomic mass is 32.3. The molecule has 0 aliphatic rings. The molecule has 6 nitrogen and oxygen atoms in total. The Labute approximate surface area is 132 Å². The summed E-state index contributed by atoms with van der Waals surface area (Å²) in [6.07, 6.45) is 3.50. The van der Waals surface area contributed by atoms with E-state index in [-0.39, 0.29) is 21.5 Å². The molecule has 0 aliphatic heterocycles. The number of rotatable bonds is 2. The Morgan fingerprint density at radius 3 is 1.64 bits per heavy atom. The molecular formula is C13H26F2NO5S-. The predicted octanol–water partition coefficient (Wildman–Crippen LogP) is 3.32. The van der Waals surface area contributed by atoms with Gasteiger partial charge in [0.15, 0.2) is 0 Å². The summed E-state index contributed by atoms with van der Waals surface area (Å²) in [7, 11) is -5.42. The van der Waals surface area contributed by atoms with Crippen molar-refractivity contribution in [1.29, 1.82) is 0 Å². The van der Waals surface area contributed by atoms with Gasteiger partial charge in [-0.3, -0.25) is 9.78 Å². The molecule has 134 valence electrons. The lowest BCUT2D eigenvalue weighted by molar-refractivity contribution is -0.141. The molecule has 0 saturated carbocycles. The number of ether oxygens (including phenoxy) is 1. The largest absolute Gasteiger partial charge is 0.722 e. The van der Waals surface area contributed by atoms with Crippen LogP contribution in [0.2, 0.25) is 0 Å². The molecule has 1 aromatic heterocycles. The van der Waals surface area contributed by atoms with Gasteiger partial charge in [-0.2, -0.15) is 0 Å². The number of hydrogen-bond donors (Lipinski definition) is 0. The van der Waals surface area contributed by atoms with Crippen LogP contribution in [0.15, 0.2) is 30.6 Å². The highest BCUT2D eigenvalue weighted by Crippen LogP contribution is 1.75. The van der Waals surface area contributed by atoms with Gasteiger partial charge in [-0.15, -0.1) is 3.89 Å². The standard InChI is InChI=1S/C5H5N.C4H7FO2.C2H6.2CH4.FHO3S/c1-2-4-6-5-3-1;1-4(6)7-3-2-5;1-2;;;1-5(2,3)4/h1-5H;2-3H2,1H3;1-2H3;2*1H4;(H,2,3,4)/p-1. The topological polar surface area (TPSA) is 96.4 Å². The molecular weight excluding hydrogens is 320 g/mol. The molecule has 0 saturated heterocycles. The quantitative estimate of drug-likeness (QED) is 0.463. The average molecular weight is 346 g/mol. The molecule has 1 rings (SSSR count). The van der Waals surface area contributed by atoms with Crippen LogP contribution in [0.3, 0.4) is 0 Å². The third-order valence-electron chi connectivity index (χ3n) is 0.949. The van der Waals surface area contributed by atoms with Crippen molar-refractivity contribution in [1.82, 2.24) is 4.98 Å². The first kappa shape index (κ1) is 32.4. The Morgan fingerprint density at radius 1 is 1.18 bits per heavy atom. The summed E-state index contributed by atoms with van der Waals surface area (Å²) < 4.78 is 50.6. The Balaban J connectivity index is -0.0000000601. The second-order valence-electron chi connectivity index (χ2n) is 2.45. The van der Waals surface area contributed by atoms with E-state index in [1.807, 2.05) is 32.0 Å². The summed E-state index contributed by atoms with van der Waals surface area (Å²) in [6, 6.07) is 5.72. The summed E-state index contributed by atoms with van der Waals surface area (Å²) in [6.45, 7) is 4.53. The Morgan fingerprint density at radius 2 is 1.55 bits per heavy atom. The van der Waals surface area contributed by atoms with Gasteiger partial charge in [0.25, 0.3) is 10.5 Å². The van der Waals surface area contributed by atoms with Gasteiger partial charge in [0.1, 0.15) is 13.3 Å². The fourth-order valence-electron chi connectivity index (χ4n) is 0.495. The number of carbonyl (C=O) groups excluding carboxylic acids is 1. The zero-order valence-electron chi connectivity index (χ0n) is 11.5. The fraction of sp³-hybridized carbons (Fsp3) is 0.538. The van der Waals surface area contributed by atoms with Crippen LogP contribution in [0.25, 0.3) is 0 Å². The van der Waals surface area contributed by atoms with Crippen LogP contribution in [0, 0.1) is 0 Å². The van der Waals surface area contributed by atoms with Crippen molar-refractivity contribution in [3.05, 3.63) is 30.6 Å². The van der Waals surface area contributed by atoms with Crippen LogP contribution >= 0.6 is 0 Å². The van der Waals surface area contributed by atoms with Crippen molar-refractivity contribution in [2.24, 2.45) is 0 Å². The van der Waals surface area contributed by atoms with Crippen molar-refractivity contribution in [2.75, 3.05) is 13.3 Å². The number of aromatic nitrogens is 1. The van der Waals surface area contributed by atoms with E-state index < -0.39 is 23.1 Å². The average Bonchev–Trinajstić information content (AvgIpc) is 2.39. The minimum atomic E-state index is -5.42. The highest BCUT2D eigenvalue weighted by molar-refractivity contribution is 7.80. The van der Waals surface area contributed by atoms with E-state index in [2.05, 4.69) is 9.72 Å². The monoisotopic (exact) mass is 346 g/mol. The molecule has 0 radical (unpaired) electrons. The summed E-state index contributed by atoms with van der Waals surface area (Å²) in [5.74, 6) is -0.433. The van der Waals surface area contributed by atoms with E-state index in [0.29, 0.717) is 0 Å². The SMILES string of the molecule is C.C.CC.CC(=O)OCCF.O=S(=O)([O-])F.c1ccncc1. The smallest absolute Gasteiger partial charge is 0.302 e. The number of esters is 1. The van der Waals surface area contributed by atoms with Crippen LogP contribution in [0.5, 0.6) is 0 Å². The lowest BCUT2D eigenvalue weighted by Crippen LogP contribution is -2.00. The normalized spacial score (nSPS) is 7.73. The fourth-order valence-corrected chi connectivity index (χ4v) is 0.495. The summed E-state index contributed by atoms with van der Waals surface area (Å²) in [4.78, 5) is 13.6. The van der Waals surface area contributed by atoms with Gasteiger partial charge in [-0.25, -0.2) is 12.8 Å². The van der Waals surface area contributed by atoms with Gasteiger partial charge in [-0.1, -0.05) is 34.8 Å². The molecule has 0 N–H and O–H groups in total. The van der Waals surface area contributed by atoms with Gasteiger partial charge in [-0.05, 0) is 12.1 Å². The molecule has 0 amide bonds. The molecule has 22 heavy (non-hydrogen) atoms. The molecule has 0 atom stereocenters. The van der Waals surface area contributed by atoms with Gasteiger partial charge < -0.3 is 9.29 Å². The second-order valence-corrected chi connectivity index (χ2v) is 3.23. The Kier molecular flexibility index (Phi) is 35.9. The Bertz CT molecular complexity index is 367. The molecule has 0 aliphatic carbocycles. The van der Waals surface area contributed by atoms with E-state index in [1.54, 1.807) is 12.4 Å². The number of alkyl halides is 1. The summed E-state index contributed by atoms with van der Waals surface area (Å²) in [5, 5.41) is 0. The zero-order valence-corrected chi connectivity index (χ0v) is 12.3. The maximum atomic E-state index is 11.1. The molecule has 1 aromatic rings. The first-order valence-electron chi connectivity index (χ1n) is 5.47. The summed E-state index contributed by atoms with van der Waals surface area (Å²) in [5.41, 5.74) is 0. The van der Waals surface area contributed by atoms with Crippen molar-refractivity contribution >= 4 is 16.5 Å². The zero-order chi connectivity index (χ0) is 16.4. The predicted molar refractivity (Wildman–Crippen MR) is 82.5 cm³/mol. The highest BCUT2D eigenvalue weighted by Gasteiger charge is 1.87. The maximum Gasteiger partial charge on any atom is 0.302 e. The Hall–Kier alpha value is -1.61. The minimum absolute atomic E-state index is 0. The lowest BCUT2D eigenvalue weighted by atomic mass is 10.5.